The van der Waals surface area contributed by atoms with Gasteiger partial charge in [0.25, 0.3) is 0 Å². The number of thiazole rings is 1. The predicted molar refractivity (Wildman–Crippen MR) is 72.7 cm³/mol. The third-order valence-electron chi connectivity index (χ3n) is 2.44. The van der Waals surface area contributed by atoms with Crippen molar-refractivity contribution in [1.29, 1.82) is 0 Å². The van der Waals surface area contributed by atoms with E-state index in [-0.39, 0.29) is 6.04 Å². The zero-order valence-corrected chi connectivity index (χ0v) is 11.7. The fourth-order valence-electron chi connectivity index (χ4n) is 1.34. The number of hydrogen-bond donors (Lipinski definition) is 1. The quantitative estimate of drug-likeness (QED) is 0.920. The van der Waals surface area contributed by atoms with Crippen molar-refractivity contribution in [2.45, 2.75) is 29.1 Å². The van der Waals surface area contributed by atoms with Gasteiger partial charge >= 0.3 is 0 Å². The number of rotatable bonds is 4. The van der Waals surface area contributed by atoms with Gasteiger partial charge in [0.05, 0.1) is 5.69 Å². The maximum atomic E-state index is 4.45. The van der Waals surface area contributed by atoms with Gasteiger partial charge in [0.15, 0.2) is 4.34 Å². The van der Waals surface area contributed by atoms with E-state index >= 15 is 0 Å². The Morgan fingerprint density at radius 1 is 1.41 bits per heavy atom. The summed E-state index contributed by atoms with van der Waals surface area (Å²) in [4.78, 5) is 10.00. The molecule has 2 aromatic rings. The van der Waals surface area contributed by atoms with Gasteiger partial charge in [-0.1, -0.05) is 11.8 Å². The summed E-state index contributed by atoms with van der Waals surface area (Å²) in [6.45, 7) is 4.11. The van der Waals surface area contributed by atoms with Crippen molar-refractivity contribution < 1.29 is 0 Å². The van der Waals surface area contributed by atoms with Crippen LogP contribution in [-0.4, -0.2) is 17.0 Å². The second-order valence-corrected chi connectivity index (χ2v) is 5.96. The maximum absolute atomic E-state index is 4.45. The van der Waals surface area contributed by atoms with Gasteiger partial charge in [0, 0.05) is 28.2 Å². The molecule has 0 saturated heterocycles. The average molecular weight is 265 g/mol. The second kappa shape index (κ2) is 5.62. The Labute approximate surface area is 110 Å². The maximum Gasteiger partial charge on any atom is 0.154 e. The molecule has 0 bridgehead atoms. The molecule has 0 amide bonds. The minimum absolute atomic E-state index is 0.288. The summed E-state index contributed by atoms with van der Waals surface area (Å²) in [5.41, 5.74) is 2.14. The van der Waals surface area contributed by atoms with Crippen LogP contribution in [0.15, 0.2) is 32.9 Å². The third-order valence-corrected chi connectivity index (χ3v) is 4.47. The lowest BCUT2D eigenvalue weighted by molar-refractivity contribution is 0.631. The second-order valence-electron chi connectivity index (χ2n) is 3.79. The molecule has 0 radical (unpaired) electrons. The Morgan fingerprint density at radius 3 is 2.76 bits per heavy atom. The molecular formula is C12H15N3S2. The van der Waals surface area contributed by atoms with E-state index in [1.54, 1.807) is 23.1 Å². The summed E-state index contributed by atoms with van der Waals surface area (Å²) in [6.07, 6.45) is 1.91. The molecule has 2 aromatic heterocycles. The van der Waals surface area contributed by atoms with Crippen molar-refractivity contribution in [3.63, 3.8) is 0 Å². The van der Waals surface area contributed by atoms with E-state index in [2.05, 4.69) is 39.7 Å². The largest absolute Gasteiger partial charge is 0.312 e. The SMILES string of the molecule is CNC(C)c1ccc(Sc2nc(C)cs2)cn1. The zero-order chi connectivity index (χ0) is 12.3. The standard InChI is InChI=1S/C12H15N3S2/c1-8-7-16-12(15-8)17-10-4-5-11(14-6-10)9(2)13-3/h4-7,9,13H,1-3H3. The van der Waals surface area contributed by atoms with E-state index in [0.717, 1.165) is 20.6 Å². The summed E-state index contributed by atoms with van der Waals surface area (Å²) in [6, 6.07) is 4.44. The Kier molecular flexibility index (Phi) is 4.15. The normalized spacial score (nSPS) is 12.6. The van der Waals surface area contributed by atoms with Gasteiger partial charge < -0.3 is 5.32 Å². The first-order valence-electron chi connectivity index (χ1n) is 5.42. The predicted octanol–water partition coefficient (Wildman–Crippen LogP) is 3.28. The van der Waals surface area contributed by atoms with Gasteiger partial charge in [-0.3, -0.25) is 4.98 Å². The smallest absolute Gasteiger partial charge is 0.154 e. The van der Waals surface area contributed by atoms with Crippen molar-refractivity contribution in [2.24, 2.45) is 0 Å². The van der Waals surface area contributed by atoms with Crippen LogP contribution in [0.1, 0.15) is 24.4 Å². The number of pyridine rings is 1. The molecule has 1 unspecified atom stereocenters. The highest BCUT2D eigenvalue weighted by atomic mass is 32.2. The van der Waals surface area contributed by atoms with Crippen LogP contribution >= 0.6 is 23.1 Å². The molecule has 0 aliphatic carbocycles. The van der Waals surface area contributed by atoms with E-state index in [9.17, 15) is 0 Å². The van der Waals surface area contributed by atoms with Gasteiger partial charge in [0.1, 0.15) is 0 Å². The number of aromatic nitrogens is 2. The lowest BCUT2D eigenvalue weighted by Crippen LogP contribution is -2.13. The number of nitrogens with zero attached hydrogens (tertiary/aromatic N) is 2. The molecule has 90 valence electrons. The Bertz CT molecular complexity index is 479. The van der Waals surface area contributed by atoms with Crippen LogP contribution in [0.5, 0.6) is 0 Å². The molecule has 1 N–H and O–H groups in total. The Morgan fingerprint density at radius 2 is 2.24 bits per heavy atom. The first-order chi connectivity index (χ1) is 8.19. The molecule has 0 saturated carbocycles. The van der Waals surface area contributed by atoms with Crippen LogP contribution in [-0.2, 0) is 0 Å². The highest BCUT2D eigenvalue weighted by Gasteiger charge is 2.05. The summed E-state index contributed by atoms with van der Waals surface area (Å²) < 4.78 is 1.07. The molecule has 0 aliphatic rings. The van der Waals surface area contributed by atoms with E-state index in [1.165, 1.54) is 0 Å². The molecule has 2 heterocycles. The molecule has 0 spiro atoms. The number of hydrogen-bond acceptors (Lipinski definition) is 5. The minimum atomic E-state index is 0.288. The van der Waals surface area contributed by atoms with Crippen LogP contribution < -0.4 is 5.32 Å². The topological polar surface area (TPSA) is 37.8 Å². The fraction of sp³-hybridized carbons (Fsp3) is 0.333. The molecule has 3 nitrogen and oxygen atoms in total. The number of aryl methyl sites for hydroxylation is 1. The van der Waals surface area contributed by atoms with Crippen molar-refractivity contribution >= 4 is 23.1 Å². The highest BCUT2D eigenvalue weighted by molar-refractivity contribution is 8.01. The summed E-state index contributed by atoms with van der Waals surface area (Å²) in [7, 11) is 1.94. The fourth-order valence-corrected chi connectivity index (χ4v) is 3.12. The van der Waals surface area contributed by atoms with Crippen LogP contribution in [0, 0.1) is 6.92 Å². The molecule has 1 atom stereocenters. The van der Waals surface area contributed by atoms with Gasteiger partial charge in [-0.2, -0.15) is 0 Å². The van der Waals surface area contributed by atoms with Crippen LogP contribution in [0.3, 0.4) is 0 Å². The lowest BCUT2D eigenvalue weighted by Gasteiger charge is -2.09. The Balaban J connectivity index is 2.08. The zero-order valence-electron chi connectivity index (χ0n) is 10.1. The summed E-state index contributed by atoms with van der Waals surface area (Å²) in [5.74, 6) is 0. The molecule has 0 aliphatic heterocycles. The van der Waals surface area contributed by atoms with Crippen molar-refractivity contribution in [2.75, 3.05) is 7.05 Å². The van der Waals surface area contributed by atoms with Gasteiger partial charge in [-0.15, -0.1) is 11.3 Å². The van der Waals surface area contributed by atoms with E-state index in [0.29, 0.717) is 0 Å². The molecule has 2 rings (SSSR count). The molecular weight excluding hydrogens is 250 g/mol. The molecule has 0 fully saturated rings. The highest BCUT2D eigenvalue weighted by Crippen LogP contribution is 2.29. The van der Waals surface area contributed by atoms with Gasteiger partial charge in [-0.05, 0) is 33.0 Å². The van der Waals surface area contributed by atoms with E-state index in [4.69, 9.17) is 0 Å². The van der Waals surface area contributed by atoms with Crippen molar-refractivity contribution in [1.82, 2.24) is 15.3 Å². The van der Waals surface area contributed by atoms with E-state index in [1.807, 2.05) is 20.2 Å². The molecule has 0 aromatic carbocycles. The Hall–Kier alpha value is -0.910. The van der Waals surface area contributed by atoms with Crippen LogP contribution in [0.4, 0.5) is 0 Å². The van der Waals surface area contributed by atoms with Gasteiger partial charge in [0.2, 0.25) is 0 Å². The monoisotopic (exact) mass is 265 g/mol. The minimum Gasteiger partial charge on any atom is -0.312 e. The number of nitrogens with one attached hydrogen (secondary N) is 1. The average Bonchev–Trinajstić information content (AvgIpc) is 2.75. The lowest BCUT2D eigenvalue weighted by atomic mass is 10.2. The molecule has 5 heteroatoms. The van der Waals surface area contributed by atoms with Crippen LogP contribution in [0.2, 0.25) is 0 Å². The van der Waals surface area contributed by atoms with E-state index < -0.39 is 0 Å². The van der Waals surface area contributed by atoms with Gasteiger partial charge in [-0.25, -0.2) is 4.98 Å². The van der Waals surface area contributed by atoms with Crippen molar-refractivity contribution in [3.8, 4) is 0 Å². The van der Waals surface area contributed by atoms with Crippen LogP contribution in [0.25, 0.3) is 0 Å². The summed E-state index contributed by atoms with van der Waals surface area (Å²) in [5, 5.41) is 5.24. The first kappa shape index (κ1) is 12.5. The first-order valence-corrected chi connectivity index (χ1v) is 7.12. The van der Waals surface area contributed by atoms with Crippen molar-refractivity contribution in [3.05, 3.63) is 35.1 Å². The summed E-state index contributed by atoms with van der Waals surface area (Å²) >= 11 is 3.33. The molecule has 17 heavy (non-hydrogen) atoms. The third kappa shape index (κ3) is 3.28.